The predicted octanol–water partition coefficient (Wildman–Crippen LogP) is 2.83. The van der Waals surface area contributed by atoms with Crippen LogP contribution in [0.3, 0.4) is 0 Å². The Morgan fingerprint density at radius 3 is 3.00 bits per heavy atom. The van der Waals surface area contributed by atoms with Crippen LogP contribution in [0.5, 0.6) is 0 Å². The summed E-state index contributed by atoms with van der Waals surface area (Å²) in [6.07, 6.45) is 6.95. The average Bonchev–Trinajstić information content (AvgIpc) is 2.53. The molecule has 0 unspecified atom stereocenters. The van der Waals surface area contributed by atoms with Crippen molar-refractivity contribution >= 4 is 0 Å². The first-order valence-corrected chi connectivity index (χ1v) is 6.27. The second kappa shape index (κ2) is 4.34. The third kappa shape index (κ3) is 1.64. The highest BCUT2D eigenvalue weighted by molar-refractivity contribution is 5.36. The second-order valence-electron chi connectivity index (χ2n) is 5.08. The molecular weight excluding hydrogens is 200 g/mol. The van der Waals surface area contributed by atoms with Crippen LogP contribution < -0.4 is 0 Å². The summed E-state index contributed by atoms with van der Waals surface area (Å²) in [6.45, 7) is 7.07. The van der Waals surface area contributed by atoms with E-state index in [2.05, 4.69) is 26.0 Å². The van der Waals surface area contributed by atoms with Gasteiger partial charge in [0.25, 0.3) is 0 Å². The quantitative estimate of drug-likeness (QED) is 0.778. The van der Waals surface area contributed by atoms with Crippen molar-refractivity contribution in [1.82, 2.24) is 0 Å². The van der Waals surface area contributed by atoms with E-state index >= 15 is 0 Å². The van der Waals surface area contributed by atoms with E-state index in [9.17, 15) is 5.11 Å². The first-order valence-electron chi connectivity index (χ1n) is 6.27. The zero-order valence-corrected chi connectivity index (χ0v) is 10.5. The standard InChI is InChI=1S/C14H22O2/c1-4-16-13-9-8-11-10(2)6-5-7-12(15)14(11,13)3/h5-6,12-13,15H,4,7-9H2,1-3H3/t12-,13+,14+/m0/s1. The molecule has 2 rings (SSSR count). The SMILES string of the molecule is CCO[C@@H]1CCC2=C(C)C=CC[C@H](O)[C@@]21C. The minimum absolute atomic E-state index is 0.177. The van der Waals surface area contributed by atoms with Crippen LogP contribution in [-0.4, -0.2) is 23.9 Å². The maximum atomic E-state index is 10.4. The summed E-state index contributed by atoms with van der Waals surface area (Å²) in [6, 6.07) is 0. The molecule has 0 aromatic heterocycles. The topological polar surface area (TPSA) is 29.5 Å². The molecule has 0 radical (unpaired) electrons. The van der Waals surface area contributed by atoms with Gasteiger partial charge in [0.2, 0.25) is 0 Å². The molecule has 2 heteroatoms. The lowest BCUT2D eigenvalue weighted by atomic mass is 9.75. The van der Waals surface area contributed by atoms with E-state index in [1.807, 2.05) is 6.92 Å². The highest BCUT2D eigenvalue weighted by Crippen LogP contribution is 2.50. The smallest absolute Gasteiger partial charge is 0.0693 e. The Balaban J connectivity index is 2.39. The van der Waals surface area contributed by atoms with Gasteiger partial charge in [0.15, 0.2) is 0 Å². The molecule has 90 valence electrons. The maximum absolute atomic E-state index is 10.4. The lowest BCUT2D eigenvalue weighted by molar-refractivity contribution is -0.0554. The second-order valence-corrected chi connectivity index (χ2v) is 5.08. The van der Waals surface area contributed by atoms with Crippen molar-refractivity contribution in [1.29, 1.82) is 0 Å². The summed E-state index contributed by atoms with van der Waals surface area (Å²) in [5.41, 5.74) is 2.54. The van der Waals surface area contributed by atoms with Crippen molar-refractivity contribution in [2.75, 3.05) is 6.61 Å². The van der Waals surface area contributed by atoms with Crippen LogP contribution in [0.15, 0.2) is 23.3 Å². The Kier molecular flexibility index (Phi) is 3.22. The third-order valence-corrected chi connectivity index (χ3v) is 4.24. The van der Waals surface area contributed by atoms with Gasteiger partial charge < -0.3 is 9.84 Å². The summed E-state index contributed by atoms with van der Waals surface area (Å²) in [5, 5.41) is 10.4. The van der Waals surface area contributed by atoms with Crippen LogP contribution >= 0.6 is 0 Å². The number of ether oxygens (including phenoxy) is 1. The first kappa shape index (κ1) is 11.9. The molecule has 1 saturated carbocycles. The molecule has 0 aliphatic heterocycles. The maximum Gasteiger partial charge on any atom is 0.0693 e. The van der Waals surface area contributed by atoms with E-state index in [-0.39, 0.29) is 17.6 Å². The number of fused-ring (bicyclic) bond motifs is 1. The van der Waals surface area contributed by atoms with Gasteiger partial charge in [-0.3, -0.25) is 0 Å². The number of aliphatic hydroxyl groups excluding tert-OH is 1. The van der Waals surface area contributed by atoms with Crippen molar-refractivity contribution in [2.45, 2.75) is 52.2 Å². The Morgan fingerprint density at radius 2 is 2.31 bits per heavy atom. The van der Waals surface area contributed by atoms with Crippen LogP contribution in [0.1, 0.15) is 40.0 Å². The van der Waals surface area contributed by atoms with Crippen LogP contribution in [0, 0.1) is 5.41 Å². The number of hydrogen-bond acceptors (Lipinski definition) is 2. The molecule has 0 aromatic rings. The largest absolute Gasteiger partial charge is 0.392 e. The molecule has 3 atom stereocenters. The molecule has 0 amide bonds. The highest BCUT2D eigenvalue weighted by Gasteiger charge is 2.49. The van der Waals surface area contributed by atoms with E-state index < -0.39 is 0 Å². The Morgan fingerprint density at radius 1 is 1.56 bits per heavy atom. The van der Waals surface area contributed by atoms with Gasteiger partial charge in [0, 0.05) is 12.0 Å². The normalized spacial score (nSPS) is 38.8. The highest BCUT2D eigenvalue weighted by atomic mass is 16.5. The minimum Gasteiger partial charge on any atom is -0.392 e. The van der Waals surface area contributed by atoms with E-state index in [0.29, 0.717) is 0 Å². The molecule has 2 aliphatic rings. The average molecular weight is 222 g/mol. The van der Waals surface area contributed by atoms with Crippen LogP contribution in [0.4, 0.5) is 0 Å². The Bertz CT molecular complexity index is 330. The summed E-state index contributed by atoms with van der Waals surface area (Å²) >= 11 is 0. The molecule has 0 saturated heterocycles. The van der Waals surface area contributed by atoms with E-state index in [1.165, 1.54) is 11.1 Å². The summed E-state index contributed by atoms with van der Waals surface area (Å²) < 4.78 is 5.83. The monoisotopic (exact) mass is 222 g/mol. The zero-order chi connectivity index (χ0) is 11.8. The molecule has 1 fully saturated rings. The van der Waals surface area contributed by atoms with Gasteiger partial charge in [-0.25, -0.2) is 0 Å². The van der Waals surface area contributed by atoms with E-state index in [1.54, 1.807) is 0 Å². The molecule has 2 nitrogen and oxygen atoms in total. The van der Waals surface area contributed by atoms with Gasteiger partial charge in [-0.1, -0.05) is 30.2 Å². The van der Waals surface area contributed by atoms with Crippen LogP contribution in [0.2, 0.25) is 0 Å². The van der Waals surface area contributed by atoms with Gasteiger partial charge in [0.1, 0.15) is 0 Å². The van der Waals surface area contributed by atoms with Crippen LogP contribution in [0.25, 0.3) is 0 Å². The zero-order valence-electron chi connectivity index (χ0n) is 10.5. The Hall–Kier alpha value is -0.600. The van der Waals surface area contributed by atoms with Gasteiger partial charge in [-0.2, -0.15) is 0 Å². The van der Waals surface area contributed by atoms with Crippen molar-refractivity contribution in [2.24, 2.45) is 5.41 Å². The number of hydrogen-bond donors (Lipinski definition) is 1. The molecule has 0 bridgehead atoms. The molecule has 0 aromatic carbocycles. The summed E-state index contributed by atoms with van der Waals surface area (Å²) in [4.78, 5) is 0. The van der Waals surface area contributed by atoms with Crippen molar-refractivity contribution in [3.63, 3.8) is 0 Å². The summed E-state index contributed by atoms with van der Waals surface area (Å²) in [5.74, 6) is 0. The van der Waals surface area contributed by atoms with Gasteiger partial charge >= 0.3 is 0 Å². The number of allylic oxidation sites excluding steroid dienone is 2. The molecular formula is C14H22O2. The lowest BCUT2D eigenvalue weighted by Gasteiger charge is -2.37. The lowest BCUT2D eigenvalue weighted by Crippen LogP contribution is -2.41. The fourth-order valence-electron chi connectivity index (χ4n) is 3.25. The number of rotatable bonds is 2. The van der Waals surface area contributed by atoms with Crippen molar-refractivity contribution in [3.8, 4) is 0 Å². The Labute approximate surface area is 98.0 Å². The van der Waals surface area contributed by atoms with Gasteiger partial charge in [-0.05, 0) is 33.1 Å². The molecule has 0 heterocycles. The van der Waals surface area contributed by atoms with E-state index in [4.69, 9.17) is 4.74 Å². The minimum atomic E-state index is -0.310. The van der Waals surface area contributed by atoms with Gasteiger partial charge in [0.05, 0.1) is 12.2 Å². The van der Waals surface area contributed by atoms with Crippen molar-refractivity contribution < 1.29 is 9.84 Å². The van der Waals surface area contributed by atoms with Crippen molar-refractivity contribution in [3.05, 3.63) is 23.3 Å². The molecule has 0 spiro atoms. The predicted molar refractivity (Wildman–Crippen MR) is 65.2 cm³/mol. The third-order valence-electron chi connectivity index (χ3n) is 4.24. The summed E-state index contributed by atoms with van der Waals surface area (Å²) in [7, 11) is 0. The fourth-order valence-corrected chi connectivity index (χ4v) is 3.25. The van der Waals surface area contributed by atoms with Gasteiger partial charge in [-0.15, -0.1) is 0 Å². The molecule has 2 aliphatic carbocycles. The fraction of sp³-hybridized carbons (Fsp3) is 0.714. The first-order chi connectivity index (χ1) is 7.60. The molecule has 1 N–H and O–H groups in total. The molecule has 16 heavy (non-hydrogen) atoms. The van der Waals surface area contributed by atoms with E-state index in [0.717, 1.165) is 25.9 Å². The van der Waals surface area contributed by atoms with Crippen LogP contribution in [-0.2, 0) is 4.74 Å². The number of aliphatic hydroxyl groups is 1.